The third-order valence-corrected chi connectivity index (χ3v) is 6.16. The molecule has 0 saturated carbocycles. The zero-order valence-corrected chi connectivity index (χ0v) is 20.8. The largest absolute Gasteiger partial charge is 0.483 e. The monoisotopic (exact) mass is 508 g/mol. The van der Waals surface area contributed by atoms with Crippen LogP contribution in [0.15, 0.2) is 77.3 Å². The Balaban J connectivity index is 1.63. The Morgan fingerprint density at radius 3 is 2.42 bits per heavy atom. The van der Waals surface area contributed by atoms with Crippen LogP contribution in [0.25, 0.3) is 0 Å². The Morgan fingerprint density at radius 2 is 1.73 bits per heavy atom. The lowest BCUT2D eigenvalue weighted by atomic mass is 9.99. The van der Waals surface area contributed by atoms with Crippen molar-refractivity contribution in [2.45, 2.75) is 32.7 Å². The minimum Gasteiger partial charge on any atom is -0.483 e. The van der Waals surface area contributed by atoms with Gasteiger partial charge in [-0.05, 0) is 63.7 Å². The first-order valence-corrected chi connectivity index (χ1v) is 11.8. The molecule has 0 aliphatic heterocycles. The fraction of sp³-hybridized carbons (Fsp3) is 0.259. The Bertz CT molecular complexity index is 1100. The minimum atomic E-state index is -0.334. The number of carbonyl (C=O) groups is 2. The van der Waals surface area contributed by atoms with Crippen molar-refractivity contribution in [2.75, 3.05) is 19.0 Å². The molecule has 172 valence electrons. The number of halogens is 1. The summed E-state index contributed by atoms with van der Waals surface area (Å²) in [5.74, 6) is 0.551. The summed E-state index contributed by atoms with van der Waals surface area (Å²) in [5.41, 5.74) is 3.15. The second-order valence-electron chi connectivity index (χ2n) is 8.03. The van der Waals surface area contributed by atoms with Crippen molar-refractivity contribution in [3.63, 3.8) is 0 Å². The van der Waals surface area contributed by atoms with E-state index in [0.717, 1.165) is 16.5 Å². The van der Waals surface area contributed by atoms with Crippen LogP contribution in [-0.4, -0.2) is 30.4 Å². The third kappa shape index (κ3) is 6.68. The molecule has 6 heteroatoms. The average Bonchev–Trinajstić information content (AvgIpc) is 2.83. The van der Waals surface area contributed by atoms with Gasteiger partial charge in [0.1, 0.15) is 5.75 Å². The number of nitrogens with one attached hydrogen (secondary N) is 1. The van der Waals surface area contributed by atoms with Gasteiger partial charge in [-0.2, -0.15) is 0 Å². The molecular formula is C27H29BrN2O3. The van der Waals surface area contributed by atoms with E-state index in [0.29, 0.717) is 29.5 Å². The Labute approximate surface area is 203 Å². The molecule has 0 saturated heterocycles. The standard InChI is InChI=1S/C27H29BrN2O3/c1-4-19(2)21-14-15-25(23(28)16-21)33-18-26(31)29-24-13-9-8-12-22(24)27(32)30(3)17-20-10-6-5-7-11-20/h5-16,19H,4,17-18H2,1-3H3,(H,29,31). The second-order valence-corrected chi connectivity index (χ2v) is 8.88. The van der Waals surface area contributed by atoms with Gasteiger partial charge in [0.05, 0.1) is 15.7 Å². The Morgan fingerprint density at radius 1 is 1.03 bits per heavy atom. The first-order valence-electron chi connectivity index (χ1n) is 11.0. The molecule has 0 aliphatic rings. The first kappa shape index (κ1) is 24.5. The summed E-state index contributed by atoms with van der Waals surface area (Å²) in [5, 5.41) is 2.81. The van der Waals surface area contributed by atoms with Gasteiger partial charge in [0.25, 0.3) is 11.8 Å². The summed E-state index contributed by atoms with van der Waals surface area (Å²) < 4.78 is 6.52. The number of nitrogens with zero attached hydrogens (tertiary/aromatic N) is 1. The number of benzene rings is 3. The van der Waals surface area contributed by atoms with E-state index in [4.69, 9.17) is 4.74 Å². The molecular weight excluding hydrogens is 480 g/mol. The molecule has 0 radical (unpaired) electrons. The summed E-state index contributed by atoms with van der Waals surface area (Å²) in [4.78, 5) is 27.2. The lowest BCUT2D eigenvalue weighted by Crippen LogP contribution is -2.28. The van der Waals surface area contributed by atoms with Crippen LogP contribution in [0.4, 0.5) is 5.69 Å². The van der Waals surface area contributed by atoms with Crippen LogP contribution in [0.2, 0.25) is 0 Å². The predicted octanol–water partition coefficient (Wildman–Crippen LogP) is 6.25. The van der Waals surface area contributed by atoms with Crippen LogP contribution in [0.5, 0.6) is 5.75 Å². The fourth-order valence-corrected chi connectivity index (χ4v) is 3.93. The molecule has 33 heavy (non-hydrogen) atoms. The Hall–Kier alpha value is -3.12. The summed E-state index contributed by atoms with van der Waals surface area (Å²) in [7, 11) is 1.75. The third-order valence-electron chi connectivity index (χ3n) is 5.54. The molecule has 3 aromatic rings. The maximum atomic E-state index is 13.0. The van der Waals surface area contributed by atoms with Gasteiger partial charge in [-0.25, -0.2) is 0 Å². The number of anilines is 1. The van der Waals surface area contributed by atoms with Gasteiger partial charge in [-0.1, -0.05) is 62.4 Å². The number of rotatable bonds is 9. The van der Waals surface area contributed by atoms with E-state index in [1.54, 1.807) is 36.2 Å². The van der Waals surface area contributed by atoms with Crippen molar-refractivity contribution in [1.82, 2.24) is 4.90 Å². The van der Waals surface area contributed by atoms with Crippen LogP contribution in [0, 0.1) is 0 Å². The van der Waals surface area contributed by atoms with Crippen molar-refractivity contribution in [3.05, 3.63) is 94.0 Å². The number of amides is 2. The molecule has 5 nitrogen and oxygen atoms in total. The topological polar surface area (TPSA) is 58.6 Å². The lowest BCUT2D eigenvalue weighted by Gasteiger charge is -2.19. The van der Waals surface area contributed by atoms with Gasteiger partial charge in [0.2, 0.25) is 0 Å². The number of hydrogen-bond donors (Lipinski definition) is 1. The molecule has 0 aliphatic carbocycles. The highest BCUT2D eigenvalue weighted by Gasteiger charge is 2.17. The number of hydrogen-bond acceptors (Lipinski definition) is 3. The quantitative estimate of drug-likeness (QED) is 0.371. The number of para-hydroxylation sites is 1. The molecule has 1 unspecified atom stereocenters. The van der Waals surface area contributed by atoms with Crippen molar-refractivity contribution in [2.24, 2.45) is 0 Å². The summed E-state index contributed by atoms with van der Waals surface area (Å²) in [6.07, 6.45) is 1.05. The molecule has 0 heterocycles. The summed E-state index contributed by atoms with van der Waals surface area (Å²) >= 11 is 3.53. The fourth-order valence-electron chi connectivity index (χ4n) is 3.42. The van der Waals surface area contributed by atoms with E-state index in [1.165, 1.54) is 5.56 Å². The Kier molecular flexibility index (Phi) is 8.66. The van der Waals surface area contributed by atoms with Crippen LogP contribution in [0.3, 0.4) is 0 Å². The maximum absolute atomic E-state index is 13.0. The average molecular weight is 509 g/mol. The molecule has 1 N–H and O–H groups in total. The molecule has 1 atom stereocenters. The van der Waals surface area contributed by atoms with Gasteiger partial charge in [0, 0.05) is 13.6 Å². The normalized spacial score (nSPS) is 11.5. The molecule has 0 bridgehead atoms. The van der Waals surface area contributed by atoms with Crippen LogP contribution < -0.4 is 10.1 Å². The van der Waals surface area contributed by atoms with Crippen molar-refractivity contribution >= 4 is 33.4 Å². The van der Waals surface area contributed by atoms with E-state index >= 15 is 0 Å². The SMILES string of the molecule is CCC(C)c1ccc(OCC(=O)Nc2ccccc2C(=O)N(C)Cc2ccccc2)c(Br)c1. The van der Waals surface area contributed by atoms with E-state index < -0.39 is 0 Å². The number of carbonyl (C=O) groups excluding carboxylic acids is 2. The van der Waals surface area contributed by atoms with Gasteiger partial charge in [0.15, 0.2) is 6.61 Å². The highest BCUT2D eigenvalue weighted by molar-refractivity contribution is 9.10. The second kappa shape index (κ2) is 11.7. The molecule has 0 spiro atoms. The zero-order chi connectivity index (χ0) is 23.8. The van der Waals surface area contributed by atoms with Gasteiger partial charge >= 0.3 is 0 Å². The molecule has 3 aromatic carbocycles. The summed E-state index contributed by atoms with van der Waals surface area (Å²) in [6.45, 7) is 4.64. The van der Waals surface area contributed by atoms with Crippen LogP contribution in [0.1, 0.15) is 47.7 Å². The van der Waals surface area contributed by atoms with Gasteiger partial charge in [-0.15, -0.1) is 0 Å². The van der Waals surface area contributed by atoms with Gasteiger partial charge in [-0.3, -0.25) is 9.59 Å². The summed E-state index contributed by atoms with van der Waals surface area (Å²) in [6, 6.07) is 22.7. The number of ether oxygens (including phenoxy) is 1. The molecule has 3 rings (SSSR count). The van der Waals surface area contributed by atoms with Crippen LogP contribution >= 0.6 is 15.9 Å². The minimum absolute atomic E-state index is 0.163. The van der Waals surface area contributed by atoms with Crippen molar-refractivity contribution in [3.8, 4) is 5.75 Å². The van der Waals surface area contributed by atoms with E-state index in [-0.39, 0.29) is 18.4 Å². The van der Waals surface area contributed by atoms with E-state index in [9.17, 15) is 9.59 Å². The highest BCUT2D eigenvalue weighted by Crippen LogP contribution is 2.30. The van der Waals surface area contributed by atoms with Crippen molar-refractivity contribution in [1.29, 1.82) is 0 Å². The lowest BCUT2D eigenvalue weighted by molar-refractivity contribution is -0.118. The zero-order valence-electron chi connectivity index (χ0n) is 19.2. The van der Waals surface area contributed by atoms with E-state index in [2.05, 4.69) is 35.1 Å². The molecule has 0 fully saturated rings. The van der Waals surface area contributed by atoms with Gasteiger partial charge < -0.3 is 15.0 Å². The predicted molar refractivity (Wildman–Crippen MR) is 136 cm³/mol. The smallest absolute Gasteiger partial charge is 0.262 e. The molecule has 2 amide bonds. The first-order chi connectivity index (χ1) is 15.9. The highest BCUT2D eigenvalue weighted by atomic mass is 79.9. The molecule has 0 aromatic heterocycles. The van der Waals surface area contributed by atoms with E-state index in [1.807, 2.05) is 48.5 Å². The van der Waals surface area contributed by atoms with Crippen LogP contribution in [-0.2, 0) is 11.3 Å². The maximum Gasteiger partial charge on any atom is 0.262 e. The van der Waals surface area contributed by atoms with Crippen molar-refractivity contribution < 1.29 is 14.3 Å².